The molecule has 1 aliphatic rings. The van der Waals surface area contributed by atoms with E-state index in [0.29, 0.717) is 32.4 Å². The summed E-state index contributed by atoms with van der Waals surface area (Å²) in [4.78, 5) is 12.6. The number of nitrogens with zero attached hydrogens (tertiary/aromatic N) is 1. The summed E-state index contributed by atoms with van der Waals surface area (Å²) >= 11 is 0. The summed E-state index contributed by atoms with van der Waals surface area (Å²) < 4.78 is 32.2. The molecule has 0 spiro atoms. The minimum absolute atomic E-state index is 0.0880. The number of ether oxygens (including phenoxy) is 1. The number of carbonyl (C=O) groups excluding carboxylic acids is 1. The molecule has 0 saturated carbocycles. The summed E-state index contributed by atoms with van der Waals surface area (Å²) in [6.45, 7) is 1.18. The highest BCUT2D eigenvalue weighted by Crippen LogP contribution is 2.21. The van der Waals surface area contributed by atoms with Crippen molar-refractivity contribution in [3.8, 4) is 5.75 Å². The number of methoxy groups -OCH3 is 1. The molecule has 1 aliphatic heterocycles. The lowest BCUT2D eigenvalue weighted by atomic mass is 9.99. The Morgan fingerprint density at radius 1 is 1.10 bits per heavy atom. The Morgan fingerprint density at radius 3 is 2.53 bits per heavy atom. The van der Waals surface area contributed by atoms with Crippen LogP contribution in [0, 0.1) is 5.92 Å². The topological polar surface area (TPSA) is 75.7 Å². The molecule has 1 saturated heterocycles. The highest BCUT2D eigenvalue weighted by atomic mass is 32.2. The molecule has 30 heavy (non-hydrogen) atoms. The molecule has 0 bridgehead atoms. The first kappa shape index (κ1) is 22.3. The summed E-state index contributed by atoms with van der Waals surface area (Å²) in [5.41, 5.74) is 2.12. The van der Waals surface area contributed by atoms with E-state index in [4.69, 9.17) is 4.74 Å². The van der Waals surface area contributed by atoms with Crippen LogP contribution in [0.4, 0.5) is 0 Å². The van der Waals surface area contributed by atoms with Crippen molar-refractivity contribution in [2.75, 3.05) is 26.0 Å². The number of hydrogen-bond acceptors (Lipinski definition) is 4. The lowest BCUT2D eigenvalue weighted by Gasteiger charge is -2.31. The van der Waals surface area contributed by atoms with E-state index in [1.54, 1.807) is 7.11 Å². The van der Waals surface area contributed by atoms with Crippen molar-refractivity contribution in [1.82, 2.24) is 9.62 Å². The van der Waals surface area contributed by atoms with E-state index in [0.717, 1.165) is 23.3 Å². The van der Waals surface area contributed by atoms with Gasteiger partial charge in [-0.25, -0.2) is 12.7 Å². The zero-order valence-electron chi connectivity index (χ0n) is 17.4. The van der Waals surface area contributed by atoms with Crippen LogP contribution in [0.15, 0.2) is 54.6 Å². The number of benzene rings is 2. The Hall–Kier alpha value is -2.38. The molecule has 1 fully saturated rings. The second kappa shape index (κ2) is 10.6. The number of carbonyl (C=O) groups is 1. The number of hydrogen-bond donors (Lipinski definition) is 1. The Balaban J connectivity index is 1.48. The fourth-order valence-corrected chi connectivity index (χ4v) is 5.30. The fourth-order valence-electron chi connectivity index (χ4n) is 3.72. The van der Waals surface area contributed by atoms with E-state index < -0.39 is 10.0 Å². The van der Waals surface area contributed by atoms with Crippen molar-refractivity contribution in [3.05, 3.63) is 65.7 Å². The molecule has 3 rings (SSSR count). The van der Waals surface area contributed by atoms with Gasteiger partial charge in [0.1, 0.15) is 5.75 Å². The second-order valence-electron chi connectivity index (χ2n) is 7.67. The van der Waals surface area contributed by atoms with E-state index in [9.17, 15) is 13.2 Å². The van der Waals surface area contributed by atoms with E-state index in [1.807, 2.05) is 54.6 Å². The molecule has 2 aromatic rings. The number of aryl methyl sites for hydroxylation is 1. The van der Waals surface area contributed by atoms with E-state index in [2.05, 4.69) is 5.32 Å². The van der Waals surface area contributed by atoms with Gasteiger partial charge in [-0.1, -0.05) is 42.5 Å². The monoisotopic (exact) mass is 430 g/mol. The molecule has 1 amide bonds. The minimum atomic E-state index is -3.36. The highest BCUT2D eigenvalue weighted by molar-refractivity contribution is 7.89. The van der Waals surface area contributed by atoms with Gasteiger partial charge < -0.3 is 10.1 Å². The van der Waals surface area contributed by atoms with Crippen LogP contribution in [-0.4, -0.2) is 44.6 Å². The molecular formula is C23H30N2O4S. The van der Waals surface area contributed by atoms with Gasteiger partial charge in [-0.05, 0) is 48.9 Å². The average Bonchev–Trinajstić information content (AvgIpc) is 2.78. The predicted octanol–water partition coefficient (Wildman–Crippen LogP) is 2.99. The lowest BCUT2D eigenvalue weighted by Crippen LogP contribution is -2.46. The van der Waals surface area contributed by atoms with Crippen LogP contribution in [0.1, 0.15) is 30.4 Å². The third-order valence-electron chi connectivity index (χ3n) is 5.48. The van der Waals surface area contributed by atoms with E-state index >= 15 is 0 Å². The molecule has 0 aromatic heterocycles. The maximum absolute atomic E-state index is 12.8. The van der Waals surface area contributed by atoms with Crippen molar-refractivity contribution in [3.63, 3.8) is 0 Å². The van der Waals surface area contributed by atoms with Crippen LogP contribution in [0.3, 0.4) is 0 Å². The molecule has 0 unspecified atom stereocenters. The number of amides is 1. The molecule has 7 heteroatoms. The van der Waals surface area contributed by atoms with Crippen LogP contribution in [0.2, 0.25) is 0 Å². The smallest absolute Gasteiger partial charge is 0.224 e. The molecule has 0 radical (unpaired) electrons. The zero-order chi connectivity index (χ0) is 21.4. The Bertz CT molecular complexity index is 914. The molecule has 1 atom stereocenters. The second-order valence-corrected chi connectivity index (χ2v) is 9.76. The van der Waals surface area contributed by atoms with Gasteiger partial charge in [0.05, 0.1) is 18.8 Å². The largest absolute Gasteiger partial charge is 0.497 e. The molecule has 0 aliphatic carbocycles. The van der Waals surface area contributed by atoms with Crippen LogP contribution >= 0.6 is 0 Å². The number of sulfonamides is 1. The van der Waals surface area contributed by atoms with Crippen molar-refractivity contribution < 1.29 is 17.9 Å². The maximum Gasteiger partial charge on any atom is 0.224 e. The highest BCUT2D eigenvalue weighted by Gasteiger charge is 2.31. The normalized spacial score (nSPS) is 17.4. The van der Waals surface area contributed by atoms with Gasteiger partial charge in [-0.15, -0.1) is 0 Å². The summed E-state index contributed by atoms with van der Waals surface area (Å²) in [7, 11) is -1.74. The summed E-state index contributed by atoms with van der Waals surface area (Å²) in [5.74, 6) is 0.489. The Labute approximate surface area is 179 Å². The zero-order valence-corrected chi connectivity index (χ0v) is 18.2. The maximum atomic E-state index is 12.8. The van der Waals surface area contributed by atoms with Gasteiger partial charge in [0.25, 0.3) is 0 Å². The lowest BCUT2D eigenvalue weighted by molar-refractivity contribution is -0.126. The summed E-state index contributed by atoms with van der Waals surface area (Å²) in [6, 6.07) is 17.4. The number of piperidine rings is 1. The average molecular weight is 431 g/mol. The molecule has 1 N–H and O–H groups in total. The number of nitrogens with one attached hydrogen (secondary N) is 1. The summed E-state index contributed by atoms with van der Waals surface area (Å²) in [6.07, 6.45) is 2.74. The van der Waals surface area contributed by atoms with Gasteiger partial charge in [0, 0.05) is 19.6 Å². The molecule has 162 valence electrons. The van der Waals surface area contributed by atoms with E-state index in [-0.39, 0.29) is 24.1 Å². The molecule has 1 heterocycles. The Kier molecular flexibility index (Phi) is 7.87. The molecular weight excluding hydrogens is 400 g/mol. The molecule has 2 aromatic carbocycles. The Morgan fingerprint density at radius 2 is 1.83 bits per heavy atom. The van der Waals surface area contributed by atoms with Crippen molar-refractivity contribution in [1.29, 1.82) is 0 Å². The number of rotatable bonds is 9. The first-order chi connectivity index (χ1) is 14.5. The van der Waals surface area contributed by atoms with Gasteiger partial charge >= 0.3 is 0 Å². The van der Waals surface area contributed by atoms with Gasteiger partial charge in [0.2, 0.25) is 15.9 Å². The van der Waals surface area contributed by atoms with Crippen LogP contribution in [0.5, 0.6) is 5.75 Å². The van der Waals surface area contributed by atoms with Crippen LogP contribution < -0.4 is 10.1 Å². The SMILES string of the molecule is COc1ccc(CNC(=O)[C@@H]2CCCN(S(=O)(=O)CCCc3ccccc3)C2)cc1. The predicted molar refractivity (Wildman–Crippen MR) is 118 cm³/mol. The van der Waals surface area contributed by atoms with Gasteiger partial charge in [0.15, 0.2) is 0 Å². The van der Waals surface area contributed by atoms with Crippen molar-refractivity contribution in [2.45, 2.75) is 32.2 Å². The standard InChI is InChI=1S/C23H30N2O4S/c1-29-22-13-11-20(12-14-22)17-24-23(26)21-10-5-15-25(18-21)30(27,28)16-6-9-19-7-3-2-4-8-19/h2-4,7-8,11-14,21H,5-6,9-10,15-18H2,1H3,(H,24,26)/t21-/m1/s1. The first-order valence-corrected chi connectivity index (χ1v) is 12.0. The molecule has 6 nitrogen and oxygen atoms in total. The summed E-state index contributed by atoms with van der Waals surface area (Å²) in [5, 5.41) is 2.94. The quantitative estimate of drug-likeness (QED) is 0.664. The third-order valence-corrected chi connectivity index (χ3v) is 7.41. The minimum Gasteiger partial charge on any atom is -0.497 e. The fraction of sp³-hybridized carbons (Fsp3) is 0.435. The van der Waals surface area contributed by atoms with Gasteiger partial charge in [-0.2, -0.15) is 0 Å². The van der Waals surface area contributed by atoms with Crippen molar-refractivity contribution >= 4 is 15.9 Å². The van der Waals surface area contributed by atoms with Crippen LogP contribution in [-0.2, 0) is 27.8 Å². The van der Waals surface area contributed by atoms with Crippen LogP contribution in [0.25, 0.3) is 0 Å². The van der Waals surface area contributed by atoms with Crippen molar-refractivity contribution in [2.24, 2.45) is 5.92 Å². The van der Waals surface area contributed by atoms with E-state index in [1.165, 1.54) is 4.31 Å². The first-order valence-electron chi connectivity index (χ1n) is 10.4. The third kappa shape index (κ3) is 6.31. The van der Waals surface area contributed by atoms with Gasteiger partial charge in [-0.3, -0.25) is 4.79 Å².